The number of fused-ring (bicyclic) bond motifs is 1. The van der Waals surface area contributed by atoms with E-state index < -0.39 is 20.0 Å². The summed E-state index contributed by atoms with van der Waals surface area (Å²) in [5.74, 6) is 0. The molecule has 0 atom stereocenters. The minimum atomic E-state index is -4.31. The predicted molar refractivity (Wildman–Crippen MR) is 74.6 cm³/mol. The molecule has 0 aliphatic heterocycles. The lowest BCUT2D eigenvalue weighted by Gasteiger charge is -2.07. The van der Waals surface area contributed by atoms with Crippen molar-refractivity contribution in [3.63, 3.8) is 0 Å². The molecule has 0 radical (unpaired) electrons. The van der Waals surface area contributed by atoms with Gasteiger partial charge in [-0.3, -0.25) is 0 Å². The van der Waals surface area contributed by atoms with Crippen LogP contribution < -0.4 is 0 Å². The number of nitrogens with zero attached hydrogens (tertiary/aromatic N) is 2. The molecule has 112 valence electrons. The molecule has 2 aromatic carbocycles. The summed E-state index contributed by atoms with van der Waals surface area (Å²) in [6, 6.07) is 7.56. The Bertz CT molecular complexity index is 973. The summed E-state index contributed by atoms with van der Waals surface area (Å²) < 4.78 is 52.9. The van der Waals surface area contributed by atoms with Crippen LogP contribution in [0.15, 0.2) is 55.0 Å². The third kappa shape index (κ3) is 2.72. The van der Waals surface area contributed by atoms with Gasteiger partial charge in [-0.15, -0.1) is 0 Å². The van der Waals surface area contributed by atoms with Gasteiger partial charge in [-0.05, 0) is 12.1 Å². The summed E-state index contributed by atoms with van der Waals surface area (Å²) in [7, 11) is -8.63. The number of isocyanates is 2. The van der Waals surface area contributed by atoms with E-state index in [1.54, 1.807) is 0 Å². The molecule has 0 unspecified atom stereocenters. The number of benzene rings is 2. The summed E-state index contributed by atoms with van der Waals surface area (Å²) >= 11 is 0. The molecule has 0 spiro atoms. The van der Waals surface area contributed by atoms with Gasteiger partial charge < -0.3 is 0 Å². The Morgan fingerprint density at radius 3 is 1.36 bits per heavy atom. The second-order valence-electron chi connectivity index (χ2n) is 3.92. The van der Waals surface area contributed by atoms with Crippen molar-refractivity contribution < 1.29 is 26.4 Å². The third-order valence-electron chi connectivity index (χ3n) is 2.71. The van der Waals surface area contributed by atoms with Crippen LogP contribution in [0.3, 0.4) is 0 Å². The normalized spacial score (nSPS) is 11.5. The van der Waals surface area contributed by atoms with Crippen molar-refractivity contribution in [2.75, 3.05) is 0 Å². The molecule has 0 fully saturated rings. The first-order valence-corrected chi connectivity index (χ1v) is 8.41. The molecule has 0 heterocycles. The zero-order valence-electron chi connectivity index (χ0n) is 10.6. The molecule has 2 aromatic rings. The summed E-state index contributed by atoms with van der Waals surface area (Å²) in [6.07, 6.45) is 1.87. The van der Waals surface area contributed by atoms with Crippen LogP contribution in [0.4, 0.5) is 0 Å². The van der Waals surface area contributed by atoms with E-state index in [2.05, 4.69) is 8.80 Å². The largest absolute Gasteiger partial charge is 0.293 e. The van der Waals surface area contributed by atoms with Gasteiger partial charge in [-0.1, -0.05) is 33.1 Å². The summed E-state index contributed by atoms with van der Waals surface area (Å²) in [6.45, 7) is 0. The highest BCUT2D eigenvalue weighted by atomic mass is 32.2. The molecule has 0 aliphatic carbocycles. The van der Waals surface area contributed by atoms with Crippen LogP contribution in [0.5, 0.6) is 0 Å². The van der Waals surface area contributed by atoms with E-state index in [1.165, 1.54) is 24.3 Å². The predicted octanol–water partition coefficient (Wildman–Crippen LogP) is 0.889. The van der Waals surface area contributed by atoms with E-state index in [-0.39, 0.29) is 20.6 Å². The van der Waals surface area contributed by atoms with Gasteiger partial charge >= 0.3 is 0 Å². The number of carbonyl (C=O) groups excluding carboxylic acids is 2. The molecule has 0 N–H and O–H groups in total. The molecular weight excluding hydrogens is 332 g/mol. The first-order chi connectivity index (χ1) is 10.3. The van der Waals surface area contributed by atoms with Crippen molar-refractivity contribution >= 4 is 43.0 Å². The average Bonchev–Trinajstić information content (AvgIpc) is 2.45. The molecule has 0 amide bonds. The maximum atomic E-state index is 11.9. The van der Waals surface area contributed by atoms with Crippen LogP contribution in [0.2, 0.25) is 0 Å². The lowest BCUT2D eigenvalue weighted by molar-refractivity contribution is 0.562. The Labute approximate surface area is 124 Å². The van der Waals surface area contributed by atoms with Crippen LogP contribution in [0.1, 0.15) is 0 Å². The van der Waals surface area contributed by atoms with Crippen molar-refractivity contribution in [1.29, 1.82) is 0 Å². The second kappa shape index (κ2) is 5.63. The molecule has 8 nitrogen and oxygen atoms in total. The minimum Gasteiger partial charge on any atom is -0.210 e. The van der Waals surface area contributed by atoms with E-state index in [0.29, 0.717) is 0 Å². The molecule has 2 rings (SSSR count). The van der Waals surface area contributed by atoms with Crippen LogP contribution in [0.25, 0.3) is 10.8 Å². The van der Waals surface area contributed by atoms with E-state index in [4.69, 9.17) is 0 Å². The van der Waals surface area contributed by atoms with Gasteiger partial charge in [0.1, 0.15) is 0 Å². The van der Waals surface area contributed by atoms with Gasteiger partial charge in [0.15, 0.2) is 0 Å². The number of hydrogen-bond donors (Lipinski definition) is 0. The maximum Gasteiger partial charge on any atom is 0.293 e. The Morgan fingerprint density at radius 1 is 0.682 bits per heavy atom. The highest BCUT2D eigenvalue weighted by molar-refractivity contribution is 7.91. The minimum absolute atomic E-state index is 0.0173. The summed E-state index contributed by atoms with van der Waals surface area (Å²) in [5.41, 5.74) is 0. The van der Waals surface area contributed by atoms with Gasteiger partial charge in [0.05, 0.1) is 9.79 Å². The second-order valence-corrected chi connectivity index (χ2v) is 7.07. The highest BCUT2D eigenvalue weighted by Crippen LogP contribution is 2.29. The summed E-state index contributed by atoms with van der Waals surface area (Å²) in [4.78, 5) is 19.7. The van der Waals surface area contributed by atoms with Crippen LogP contribution >= 0.6 is 0 Å². The van der Waals surface area contributed by atoms with E-state index in [9.17, 15) is 26.4 Å². The Morgan fingerprint density at radius 2 is 1.05 bits per heavy atom. The monoisotopic (exact) mass is 338 g/mol. The van der Waals surface area contributed by atoms with Crippen molar-refractivity contribution in [2.45, 2.75) is 9.79 Å². The number of hydrogen-bond acceptors (Lipinski definition) is 6. The molecule has 22 heavy (non-hydrogen) atoms. The number of sulfonamides is 2. The Hall–Kier alpha value is -2.64. The molecule has 0 saturated heterocycles. The van der Waals surface area contributed by atoms with Crippen LogP contribution in [-0.2, 0) is 29.6 Å². The Balaban J connectivity index is 2.95. The highest BCUT2D eigenvalue weighted by Gasteiger charge is 2.21. The molecule has 0 bridgehead atoms. The summed E-state index contributed by atoms with van der Waals surface area (Å²) in [5, 5.41) is 0.0346. The average molecular weight is 338 g/mol. The van der Waals surface area contributed by atoms with E-state index in [1.807, 2.05) is 0 Å². The van der Waals surface area contributed by atoms with Gasteiger partial charge in [0.25, 0.3) is 32.2 Å². The van der Waals surface area contributed by atoms with E-state index in [0.717, 1.165) is 24.3 Å². The fourth-order valence-corrected chi connectivity index (χ4v) is 3.70. The fraction of sp³-hybridized carbons (Fsp3) is 0. The smallest absolute Gasteiger partial charge is 0.210 e. The van der Waals surface area contributed by atoms with Crippen molar-refractivity contribution in [3.8, 4) is 0 Å². The van der Waals surface area contributed by atoms with Gasteiger partial charge in [0, 0.05) is 10.8 Å². The molecular formula is C12H6N2O6S2. The van der Waals surface area contributed by atoms with Crippen molar-refractivity contribution in [2.24, 2.45) is 8.80 Å². The first kappa shape index (κ1) is 15.7. The fourth-order valence-electron chi connectivity index (χ4n) is 1.90. The van der Waals surface area contributed by atoms with Crippen LogP contribution in [-0.4, -0.2) is 29.0 Å². The topological polar surface area (TPSA) is 127 Å². The van der Waals surface area contributed by atoms with Crippen molar-refractivity contribution in [3.05, 3.63) is 36.4 Å². The standard InChI is InChI=1S/C12H6N2O6S2/c15-7-13-21(17,18)11-5-1-3-9-10(11)4-2-6-12(9)22(19,20)14-8-16/h1-6H. The zero-order chi connectivity index (χ0) is 16.4. The Kier molecular flexibility index (Phi) is 4.03. The van der Waals surface area contributed by atoms with Gasteiger partial charge in [-0.2, -0.15) is 16.8 Å². The molecule has 0 saturated carbocycles. The quantitative estimate of drug-likeness (QED) is 0.601. The third-order valence-corrected chi connectivity index (χ3v) is 5.17. The molecule has 0 aromatic heterocycles. The lowest BCUT2D eigenvalue weighted by Crippen LogP contribution is -2.01. The molecule has 10 heteroatoms. The molecule has 0 aliphatic rings. The lowest BCUT2D eigenvalue weighted by atomic mass is 10.1. The first-order valence-electron chi connectivity index (χ1n) is 5.53. The van der Waals surface area contributed by atoms with Gasteiger partial charge in [-0.25, -0.2) is 9.59 Å². The van der Waals surface area contributed by atoms with Crippen LogP contribution in [0, 0.1) is 0 Å². The van der Waals surface area contributed by atoms with Gasteiger partial charge in [0.2, 0.25) is 0 Å². The maximum absolute atomic E-state index is 11.9. The van der Waals surface area contributed by atoms with E-state index >= 15 is 0 Å². The number of rotatable bonds is 4. The zero-order valence-corrected chi connectivity index (χ0v) is 12.3. The van der Waals surface area contributed by atoms with Crippen molar-refractivity contribution in [1.82, 2.24) is 0 Å². The SMILES string of the molecule is O=C=NS(=O)(=O)c1cccc2c(S(=O)(=O)N=C=O)cccc12.